The van der Waals surface area contributed by atoms with E-state index in [9.17, 15) is 4.79 Å². The summed E-state index contributed by atoms with van der Waals surface area (Å²) >= 11 is 0. The van der Waals surface area contributed by atoms with Gasteiger partial charge >= 0.3 is 6.09 Å². The third-order valence-electron chi connectivity index (χ3n) is 3.75. The number of nitrogens with one attached hydrogen (secondary N) is 2. The summed E-state index contributed by atoms with van der Waals surface area (Å²) in [4.78, 5) is 11.9. The van der Waals surface area contributed by atoms with Crippen molar-refractivity contribution in [1.29, 1.82) is 0 Å². The largest absolute Gasteiger partial charge is 0.469 e. The molecule has 1 aromatic heterocycles. The standard InChI is InChI=1S/C15H24N2O3/c1-10(17-13(18)20-14(2,3)4)15(5)11-7-9-19-12(11)6-8-16-15/h7,9-10,16H,6,8H2,1-5H3,(H,17,18). The van der Waals surface area contributed by atoms with E-state index in [1.807, 2.05) is 33.8 Å². The maximum atomic E-state index is 11.9. The van der Waals surface area contributed by atoms with Crippen LogP contribution in [-0.2, 0) is 16.7 Å². The average molecular weight is 280 g/mol. The first kappa shape index (κ1) is 14.9. The Morgan fingerprint density at radius 3 is 2.90 bits per heavy atom. The van der Waals surface area contributed by atoms with Crippen LogP contribution in [-0.4, -0.2) is 24.3 Å². The van der Waals surface area contributed by atoms with Gasteiger partial charge in [-0.25, -0.2) is 4.79 Å². The van der Waals surface area contributed by atoms with E-state index in [1.165, 1.54) is 0 Å². The summed E-state index contributed by atoms with van der Waals surface area (Å²) in [5.74, 6) is 0.990. The minimum absolute atomic E-state index is 0.117. The second kappa shape index (κ2) is 5.13. The Bertz CT molecular complexity index is 490. The van der Waals surface area contributed by atoms with Crippen LogP contribution < -0.4 is 10.6 Å². The lowest BCUT2D eigenvalue weighted by Gasteiger charge is -2.40. The van der Waals surface area contributed by atoms with Gasteiger partial charge in [0.15, 0.2) is 0 Å². The molecule has 2 N–H and O–H groups in total. The molecule has 2 atom stereocenters. The van der Waals surface area contributed by atoms with Crippen molar-refractivity contribution >= 4 is 6.09 Å². The summed E-state index contributed by atoms with van der Waals surface area (Å²) in [5.41, 5.74) is 0.260. The van der Waals surface area contributed by atoms with Gasteiger partial charge in [0.2, 0.25) is 0 Å². The highest BCUT2D eigenvalue weighted by Crippen LogP contribution is 2.32. The maximum Gasteiger partial charge on any atom is 0.407 e. The maximum absolute atomic E-state index is 11.9. The molecule has 5 heteroatoms. The Hall–Kier alpha value is -1.49. The molecule has 2 rings (SSSR count). The van der Waals surface area contributed by atoms with Gasteiger partial charge in [0, 0.05) is 18.5 Å². The predicted molar refractivity (Wildman–Crippen MR) is 76.6 cm³/mol. The molecule has 0 saturated carbocycles. The fraction of sp³-hybridized carbons (Fsp3) is 0.667. The second-order valence-corrected chi connectivity index (χ2v) is 6.50. The lowest BCUT2D eigenvalue weighted by atomic mass is 9.82. The van der Waals surface area contributed by atoms with Gasteiger partial charge in [0.1, 0.15) is 11.4 Å². The molecular weight excluding hydrogens is 256 g/mol. The van der Waals surface area contributed by atoms with Crippen molar-refractivity contribution in [3.63, 3.8) is 0 Å². The van der Waals surface area contributed by atoms with Crippen LogP contribution in [0.15, 0.2) is 16.7 Å². The minimum atomic E-state index is -0.495. The van der Waals surface area contributed by atoms with Crippen LogP contribution in [0.4, 0.5) is 4.79 Å². The average Bonchev–Trinajstić information content (AvgIpc) is 2.75. The van der Waals surface area contributed by atoms with E-state index in [0.717, 1.165) is 24.3 Å². The second-order valence-electron chi connectivity index (χ2n) is 6.50. The monoisotopic (exact) mass is 280 g/mol. The first-order valence-corrected chi connectivity index (χ1v) is 7.04. The lowest BCUT2D eigenvalue weighted by Crippen LogP contribution is -2.58. The van der Waals surface area contributed by atoms with Gasteiger partial charge in [0.25, 0.3) is 0 Å². The molecule has 2 unspecified atom stereocenters. The van der Waals surface area contributed by atoms with Gasteiger partial charge < -0.3 is 19.8 Å². The summed E-state index contributed by atoms with van der Waals surface area (Å²) < 4.78 is 10.8. The molecule has 1 aliphatic heterocycles. The third-order valence-corrected chi connectivity index (χ3v) is 3.75. The van der Waals surface area contributed by atoms with Crippen molar-refractivity contribution in [1.82, 2.24) is 10.6 Å². The van der Waals surface area contributed by atoms with Crippen LogP contribution in [0, 0.1) is 0 Å². The van der Waals surface area contributed by atoms with E-state index in [2.05, 4.69) is 17.6 Å². The van der Waals surface area contributed by atoms with Gasteiger partial charge in [-0.3, -0.25) is 0 Å². The number of amides is 1. The van der Waals surface area contributed by atoms with Gasteiger partial charge in [-0.05, 0) is 40.7 Å². The van der Waals surface area contributed by atoms with Crippen molar-refractivity contribution < 1.29 is 13.9 Å². The van der Waals surface area contributed by atoms with Crippen LogP contribution in [0.3, 0.4) is 0 Å². The summed E-state index contributed by atoms with van der Waals surface area (Å²) in [5, 5.41) is 6.39. The number of furan rings is 1. The molecule has 0 fully saturated rings. The van der Waals surface area contributed by atoms with E-state index in [-0.39, 0.29) is 11.6 Å². The molecule has 0 bridgehead atoms. The predicted octanol–water partition coefficient (Wildman–Crippen LogP) is 2.55. The van der Waals surface area contributed by atoms with Crippen LogP contribution in [0.2, 0.25) is 0 Å². The first-order valence-electron chi connectivity index (χ1n) is 7.04. The Balaban J connectivity index is 2.10. The summed E-state index contributed by atoms with van der Waals surface area (Å²) in [6.07, 6.45) is 2.18. The molecule has 5 nitrogen and oxygen atoms in total. The molecule has 0 aliphatic carbocycles. The minimum Gasteiger partial charge on any atom is -0.469 e. The highest BCUT2D eigenvalue weighted by molar-refractivity contribution is 5.68. The van der Waals surface area contributed by atoms with Crippen LogP contribution >= 0.6 is 0 Å². The topological polar surface area (TPSA) is 63.5 Å². The fourth-order valence-electron chi connectivity index (χ4n) is 2.54. The Kier molecular flexibility index (Phi) is 3.82. The van der Waals surface area contributed by atoms with E-state index < -0.39 is 11.7 Å². The van der Waals surface area contributed by atoms with Crippen molar-refractivity contribution in [2.24, 2.45) is 0 Å². The molecule has 0 radical (unpaired) electrons. The fourth-order valence-corrected chi connectivity index (χ4v) is 2.54. The molecule has 20 heavy (non-hydrogen) atoms. The first-order chi connectivity index (χ1) is 9.22. The van der Waals surface area contributed by atoms with Gasteiger partial charge in [0.05, 0.1) is 17.8 Å². The Morgan fingerprint density at radius 2 is 2.25 bits per heavy atom. The van der Waals surface area contributed by atoms with Crippen molar-refractivity contribution in [2.75, 3.05) is 6.54 Å². The molecule has 0 aromatic carbocycles. The zero-order valence-electron chi connectivity index (χ0n) is 12.9. The molecular formula is C15H24N2O3. The number of hydrogen-bond acceptors (Lipinski definition) is 4. The van der Waals surface area contributed by atoms with Crippen molar-refractivity contribution in [2.45, 2.75) is 58.2 Å². The highest BCUT2D eigenvalue weighted by atomic mass is 16.6. The normalized spacial score (nSPS) is 23.9. The zero-order chi connectivity index (χ0) is 15.0. The summed E-state index contributed by atoms with van der Waals surface area (Å²) in [7, 11) is 0. The van der Waals surface area contributed by atoms with Gasteiger partial charge in [-0.2, -0.15) is 0 Å². The number of ether oxygens (including phenoxy) is 1. The number of carbonyl (C=O) groups is 1. The molecule has 0 spiro atoms. The highest BCUT2D eigenvalue weighted by Gasteiger charge is 2.39. The van der Waals surface area contributed by atoms with Crippen molar-refractivity contribution in [3.05, 3.63) is 23.7 Å². The quantitative estimate of drug-likeness (QED) is 0.874. The molecule has 112 valence electrons. The Labute approximate surface area is 120 Å². The van der Waals surface area contributed by atoms with Crippen LogP contribution in [0.5, 0.6) is 0 Å². The van der Waals surface area contributed by atoms with Crippen molar-refractivity contribution in [3.8, 4) is 0 Å². The number of hydrogen-bond donors (Lipinski definition) is 2. The summed E-state index contributed by atoms with van der Waals surface area (Å²) in [6, 6.07) is 1.85. The molecule has 0 saturated heterocycles. The van der Waals surface area contributed by atoms with Crippen LogP contribution in [0.25, 0.3) is 0 Å². The van der Waals surface area contributed by atoms with E-state index in [4.69, 9.17) is 9.15 Å². The van der Waals surface area contributed by atoms with E-state index in [0.29, 0.717) is 0 Å². The SMILES string of the molecule is CC(NC(=O)OC(C)(C)C)C1(C)NCCc2occc21. The van der Waals surface area contributed by atoms with Gasteiger partial charge in [-0.15, -0.1) is 0 Å². The Morgan fingerprint density at radius 1 is 1.55 bits per heavy atom. The molecule has 1 aliphatic rings. The number of carbonyl (C=O) groups excluding carboxylic acids is 1. The zero-order valence-corrected chi connectivity index (χ0v) is 12.9. The number of fused-ring (bicyclic) bond motifs is 1. The van der Waals surface area contributed by atoms with Crippen LogP contribution in [0.1, 0.15) is 45.9 Å². The smallest absolute Gasteiger partial charge is 0.407 e. The number of alkyl carbamates (subject to hydrolysis) is 1. The lowest BCUT2D eigenvalue weighted by molar-refractivity contribution is 0.0473. The number of rotatable bonds is 2. The third kappa shape index (κ3) is 2.98. The summed E-state index contributed by atoms with van der Waals surface area (Å²) in [6.45, 7) is 10.4. The molecule has 1 aromatic rings. The van der Waals surface area contributed by atoms with Gasteiger partial charge in [-0.1, -0.05) is 0 Å². The van der Waals surface area contributed by atoms with E-state index >= 15 is 0 Å². The molecule has 2 heterocycles. The molecule has 1 amide bonds. The van der Waals surface area contributed by atoms with E-state index in [1.54, 1.807) is 6.26 Å².